The van der Waals surface area contributed by atoms with Gasteiger partial charge < -0.3 is 0 Å². The molecule has 0 bridgehead atoms. The number of rotatable bonds is 1. The van der Waals surface area contributed by atoms with E-state index in [-0.39, 0.29) is 4.90 Å². The molecule has 1 heterocycles. The summed E-state index contributed by atoms with van der Waals surface area (Å²) < 4.78 is 58.9. The fraction of sp³-hybridized carbons (Fsp3) is 0.800. The third-order valence-corrected chi connectivity index (χ3v) is 1.40. The van der Waals surface area contributed by atoms with Crippen molar-refractivity contribution in [1.82, 2.24) is 4.90 Å². The van der Waals surface area contributed by atoms with Crippen LogP contribution in [0.5, 0.6) is 0 Å². The van der Waals surface area contributed by atoms with E-state index >= 15 is 0 Å². The average molecular weight is 188 g/mol. The first-order chi connectivity index (χ1) is 5.41. The Balaban J connectivity index is 2.54. The second-order valence-electron chi connectivity index (χ2n) is 2.29. The van der Waals surface area contributed by atoms with Crippen LogP contribution in [-0.2, 0) is 0 Å². The molecule has 12 heavy (non-hydrogen) atoms. The summed E-state index contributed by atoms with van der Waals surface area (Å²) in [6, 6.07) is -1.55. The lowest BCUT2D eigenvalue weighted by atomic mass is 10.3. The molecule has 7 heteroatoms. The number of hydrogen-bond acceptors (Lipinski definition) is 2. The summed E-state index contributed by atoms with van der Waals surface area (Å²) >= 11 is 0. The summed E-state index contributed by atoms with van der Waals surface area (Å²) in [5.41, 5.74) is 0. The molecule has 0 aromatic rings. The highest BCUT2D eigenvalue weighted by molar-refractivity contribution is 5.58. The molecule has 0 saturated heterocycles. The molecule has 1 unspecified atom stereocenters. The van der Waals surface area contributed by atoms with Crippen molar-refractivity contribution in [3.05, 3.63) is 0 Å². The lowest BCUT2D eigenvalue weighted by Crippen LogP contribution is -2.38. The van der Waals surface area contributed by atoms with Crippen LogP contribution >= 0.6 is 0 Å². The maximum absolute atomic E-state index is 11.8. The highest BCUT2D eigenvalue weighted by Gasteiger charge is 2.41. The van der Waals surface area contributed by atoms with Gasteiger partial charge in [-0.25, -0.2) is 8.78 Å². The number of aliphatic imine (C=N–C) groups is 1. The van der Waals surface area contributed by atoms with E-state index in [0.29, 0.717) is 6.34 Å². The van der Waals surface area contributed by atoms with Crippen LogP contribution in [0.25, 0.3) is 0 Å². The Morgan fingerprint density at radius 1 is 1.42 bits per heavy atom. The molecule has 0 saturated carbocycles. The van der Waals surface area contributed by atoms with Gasteiger partial charge in [-0.15, -0.1) is 0 Å². The molecular weight excluding hydrogens is 183 g/mol. The normalized spacial score (nSPS) is 24.2. The molecule has 0 aliphatic carbocycles. The Morgan fingerprint density at radius 2 is 2.00 bits per heavy atom. The number of halogens is 5. The zero-order valence-corrected chi connectivity index (χ0v) is 5.72. The average Bonchev–Trinajstić information content (AvgIpc) is 2.30. The fourth-order valence-corrected chi connectivity index (χ4v) is 0.776. The van der Waals surface area contributed by atoms with Crippen LogP contribution in [0, 0.1) is 0 Å². The van der Waals surface area contributed by atoms with Crippen LogP contribution in [0.4, 0.5) is 22.0 Å². The lowest BCUT2D eigenvalue weighted by Gasteiger charge is -2.18. The fourth-order valence-electron chi connectivity index (χ4n) is 0.776. The molecule has 0 spiro atoms. The topological polar surface area (TPSA) is 15.6 Å². The first-order valence-corrected chi connectivity index (χ1v) is 3.06. The van der Waals surface area contributed by atoms with Crippen molar-refractivity contribution >= 4 is 6.34 Å². The summed E-state index contributed by atoms with van der Waals surface area (Å²) in [4.78, 5) is 2.85. The minimum atomic E-state index is -4.60. The first kappa shape index (κ1) is 9.21. The van der Waals surface area contributed by atoms with Gasteiger partial charge >= 0.3 is 6.30 Å². The van der Waals surface area contributed by atoms with E-state index in [9.17, 15) is 22.0 Å². The number of nitrogens with zero attached hydrogens (tertiary/aromatic N) is 2. The first-order valence-electron chi connectivity index (χ1n) is 3.06. The molecule has 0 aromatic carbocycles. The van der Waals surface area contributed by atoms with Gasteiger partial charge in [0.25, 0.3) is 6.43 Å². The van der Waals surface area contributed by atoms with Gasteiger partial charge in [-0.3, -0.25) is 9.89 Å². The van der Waals surface area contributed by atoms with E-state index in [1.807, 2.05) is 0 Å². The predicted molar refractivity (Wildman–Crippen MR) is 31.0 cm³/mol. The van der Waals surface area contributed by atoms with Gasteiger partial charge in [-0.1, -0.05) is 0 Å². The molecule has 1 atom stereocenters. The van der Waals surface area contributed by atoms with E-state index in [2.05, 4.69) is 4.99 Å². The SMILES string of the molecule is FC(F)C1CN(C(F)(F)F)C=N1. The highest BCUT2D eigenvalue weighted by atomic mass is 19.4. The van der Waals surface area contributed by atoms with Gasteiger partial charge in [0.2, 0.25) is 0 Å². The molecule has 1 aliphatic heterocycles. The minimum absolute atomic E-state index is 0.163. The van der Waals surface area contributed by atoms with Crippen molar-refractivity contribution in [3.8, 4) is 0 Å². The summed E-state index contributed by atoms with van der Waals surface area (Å²) in [7, 11) is 0. The smallest absolute Gasteiger partial charge is 0.272 e. The number of hydrogen-bond donors (Lipinski definition) is 0. The van der Waals surface area contributed by atoms with Crippen LogP contribution in [0.15, 0.2) is 4.99 Å². The minimum Gasteiger partial charge on any atom is -0.272 e. The van der Waals surface area contributed by atoms with Gasteiger partial charge in [0.1, 0.15) is 6.04 Å². The van der Waals surface area contributed by atoms with E-state index in [0.717, 1.165) is 0 Å². The van der Waals surface area contributed by atoms with Crippen molar-refractivity contribution in [2.45, 2.75) is 18.8 Å². The zero-order chi connectivity index (χ0) is 9.35. The molecule has 70 valence electrons. The Bertz CT molecular complexity index is 187. The van der Waals surface area contributed by atoms with Gasteiger partial charge in [0.05, 0.1) is 12.9 Å². The summed E-state index contributed by atoms with van der Waals surface area (Å²) in [5.74, 6) is 0. The van der Waals surface area contributed by atoms with Gasteiger partial charge in [-0.2, -0.15) is 13.2 Å². The van der Waals surface area contributed by atoms with E-state index in [1.165, 1.54) is 0 Å². The second-order valence-corrected chi connectivity index (χ2v) is 2.29. The van der Waals surface area contributed by atoms with Crippen molar-refractivity contribution in [1.29, 1.82) is 0 Å². The molecule has 0 amide bonds. The monoisotopic (exact) mass is 188 g/mol. The molecule has 0 fully saturated rings. The molecule has 0 radical (unpaired) electrons. The molecular formula is C5H5F5N2. The predicted octanol–water partition coefficient (Wildman–Crippen LogP) is 1.48. The Hall–Kier alpha value is -0.880. The summed E-state index contributed by atoms with van der Waals surface area (Å²) in [6.45, 7) is -0.791. The summed E-state index contributed by atoms with van der Waals surface area (Å²) in [6.07, 6.45) is -7.04. The van der Waals surface area contributed by atoms with Gasteiger partial charge in [0, 0.05) is 0 Å². The van der Waals surface area contributed by atoms with E-state index in [1.54, 1.807) is 0 Å². The van der Waals surface area contributed by atoms with Crippen molar-refractivity contribution in [2.75, 3.05) is 6.54 Å². The van der Waals surface area contributed by atoms with Crippen LogP contribution < -0.4 is 0 Å². The number of alkyl halides is 5. The van der Waals surface area contributed by atoms with Gasteiger partial charge in [0.15, 0.2) is 0 Å². The second kappa shape index (κ2) is 2.87. The van der Waals surface area contributed by atoms with Crippen LogP contribution in [-0.4, -0.2) is 36.6 Å². The van der Waals surface area contributed by atoms with Crippen molar-refractivity contribution in [2.24, 2.45) is 4.99 Å². The maximum atomic E-state index is 11.8. The van der Waals surface area contributed by atoms with Crippen molar-refractivity contribution < 1.29 is 22.0 Å². The summed E-state index contributed by atoms with van der Waals surface area (Å²) in [5, 5.41) is 0. The molecule has 2 nitrogen and oxygen atoms in total. The van der Waals surface area contributed by atoms with E-state index < -0.39 is 25.3 Å². The van der Waals surface area contributed by atoms with Crippen LogP contribution in [0.1, 0.15) is 0 Å². The molecule has 0 N–H and O–H groups in total. The van der Waals surface area contributed by atoms with Crippen molar-refractivity contribution in [3.63, 3.8) is 0 Å². The molecule has 0 aromatic heterocycles. The van der Waals surface area contributed by atoms with Crippen LogP contribution in [0.2, 0.25) is 0 Å². The third-order valence-electron chi connectivity index (χ3n) is 1.40. The Kier molecular flexibility index (Phi) is 2.20. The Labute approximate surface area is 64.7 Å². The zero-order valence-electron chi connectivity index (χ0n) is 5.72. The third kappa shape index (κ3) is 1.83. The highest BCUT2D eigenvalue weighted by Crippen LogP contribution is 2.24. The Morgan fingerprint density at radius 3 is 2.25 bits per heavy atom. The maximum Gasteiger partial charge on any atom is 0.485 e. The molecule has 1 aliphatic rings. The quantitative estimate of drug-likeness (QED) is 0.449. The van der Waals surface area contributed by atoms with E-state index in [4.69, 9.17) is 0 Å². The molecule has 1 rings (SSSR count). The van der Waals surface area contributed by atoms with Gasteiger partial charge in [-0.05, 0) is 0 Å². The lowest BCUT2D eigenvalue weighted by molar-refractivity contribution is -0.214. The van der Waals surface area contributed by atoms with Crippen LogP contribution in [0.3, 0.4) is 0 Å². The standard InChI is InChI=1S/C5H5F5N2/c6-4(7)3-1-12(2-11-3)5(8,9)10/h2-4H,1H2. The largest absolute Gasteiger partial charge is 0.485 e.